The fourth-order valence-corrected chi connectivity index (χ4v) is 1.28. The predicted octanol–water partition coefficient (Wildman–Crippen LogP) is -0.151. The minimum Gasteiger partial charge on any atom is -0.445 e. The molecule has 0 saturated heterocycles. The van der Waals surface area contributed by atoms with Crippen molar-refractivity contribution in [2.45, 2.75) is 0 Å². The van der Waals surface area contributed by atoms with E-state index < -0.39 is 6.92 Å². The molecule has 0 aliphatic carbocycles. The molecular formula is C8H8BNO. The van der Waals surface area contributed by atoms with Gasteiger partial charge in [0.25, 0.3) is 0 Å². The van der Waals surface area contributed by atoms with Crippen LogP contribution < -0.4 is 5.46 Å². The summed E-state index contributed by atoms with van der Waals surface area (Å²) >= 11 is 0. The van der Waals surface area contributed by atoms with Crippen molar-refractivity contribution in [1.29, 1.82) is 0 Å². The van der Waals surface area contributed by atoms with Crippen LogP contribution in [0.2, 0.25) is 0 Å². The molecule has 0 atom stereocenters. The second kappa shape index (κ2) is 2.51. The summed E-state index contributed by atoms with van der Waals surface area (Å²) < 4.78 is 0. The van der Waals surface area contributed by atoms with Gasteiger partial charge in [-0.2, -0.15) is 0 Å². The van der Waals surface area contributed by atoms with Gasteiger partial charge in [-0.25, -0.2) is 0 Å². The molecule has 1 aromatic rings. The van der Waals surface area contributed by atoms with Gasteiger partial charge in [-0.1, -0.05) is 24.3 Å². The van der Waals surface area contributed by atoms with E-state index in [4.69, 9.17) is 0 Å². The standard InChI is InChI=1S/C8H8BNO/c11-9-6-10-5-7-3-1-2-4-8(7)9/h1-5,11H,6H2. The molecule has 0 amide bonds. The van der Waals surface area contributed by atoms with Crippen LogP contribution in [0.5, 0.6) is 0 Å². The second-order valence-corrected chi connectivity index (χ2v) is 2.64. The Labute approximate surface area is 65.7 Å². The maximum Gasteiger partial charge on any atom is 0.346 e. The van der Waals surface area contributed by atoms with E-state index in [2.05, 4.69) is 4.99 Å². The smallest absolute Gasteiger partial charge is 0.346 e. The van der Waals surface area contributed by atoms with E-state index in [0.29, 0.717) is 6.44 Å². The minimum absolute atomic E-state index is 0.406. The maximum atomic E-state index is 9.45. The van der Waals surface area contributed by atoms with Gasteiger partial charge in [0.15, 0.2) is 0 Å². The van der Waals surface area contributed by atoms with Crippen LogP contribution in [0.3, 0.4) is 0 Å². The topological polar surface area (TPSA) is 32.6 Å². The van der Waals surface area contributed by atoms with Gasteiger partial charge in [-0.3, -0.25) is 4.99 Å². The largest absolute Gasteiger partial charge is 0.445 e. The third-order valence-electron chi connectivity index (χ3n) is 1.86. The first kappa shape index (κ1) is 6.61. The van der Waals surface area contributed by atoms with Crippen molar-refractivity contribution in [3.63, 3.8) is 0 Å². The lowest BCUT2D eigenvalue weighted by Crippen LogP contribution is -2.38. The van der Waals surface area contributed by atoms with Crippen molar-refractivity contribution >= 4 is 18.6 Å². The van der Waals surface area contributed by atoms with E-state index in [0.717, 1.165) is 11.0 Å². The number of rotatable bonds is 0. The molecule has 1 aliphatic rings. The van der Waals surface area contributed by atoms with Crippen LogP contribution in [0.4, 0.5) is 0 Å². The van der Waals surface area contributed by atoms with Gasteiger partial charge < -0.3 is 5.02 Å². The molecule has 2 nitrogen and oxygen atoms in total. The molecule has 11 heavy (non-hydrogen) atoms. The van der Waals surface area contributed by atoms with Crippen LogP contribution in [-0.4, -0.2) is 24.6 Å². The Balaban J connectivity index is 2.54. The molecule has 54 valence electrons. The molecule has 0 unspecified atom stereocenters. The summed E-state index contributed by atoms with van der Waals surface area (Å²) in [6, 6.07) is 7.77. The van der Waals surface area contributed by atoms with Crippen molar-refractivity contribution in [1.82, 2.24) is 0 Å². The number of nitrogens with zero attached hydrogens (tertiary/aromatic N) is 1. The lowest BCUT2D eigenvalue weighted by atomic mass is 9.59. The zero-order chi connectivity index (χ0) is 7.68. The van der Waals surface area contributed by atoms with Crippen molar-refractivity contribution in [2.75, 3.05) is 6.44 Å². The Bertz CT molecular complexity index is 298. The Hall–Kier alpha value is -1.09. The van der Waals surface area contributed by atoms with Crippen LogP contribution in [0.25, 0.3) is 0 Å². The molecular weight excluding hydrogens is 137 g/mol. The van der Waals surface area contributed by atoms with Gasteiger partial charge >= 0.3 is 6.92 Å². The first-order valence-electron chi connectivity index (χ1n) is 3.65. The molecule has 1 heterocycles. The van der Waals surface area contributed by atoms with Crippen molar-refractivity contribution in [3.8, 4) is 0 Å². The first-order chi connectivity index (χ1) is 5.38. The highest BCUT2D eigenvalue weighted by atomic mass is 16.2. The molecule has 0 radical (unpaired) electrons. The molecule has 1 aromatic carbocycles. The van der Waals surface area contributed by atoms with E-state index in [1.807, 2.05) is 30.5 Å². The summed E-state index contributed by atoms with van der Waals surface area (Å²) in [7, 11) is 0. The summed E-state index contributed by atoms with van der Waals surface area (Å²) in [4.78, 5) is 4.02. The summed E-state index contributed by atoms with van der Waals surface area (Å²) in [5.74, 6) is 0. The highest BCUT2D eigenvalue weighted by Gasteiger charge is 2.18. The van der Waals surface area contributed by atoms with Gasteiger partial charge in [0, 0.05) is 12.7 Å². The average Bonchev–Trinajstić information content (AvgIpc) is 2.06. The van der Waals surface area contributed by atoms with E-state index in [1.165, 1.54) is 0 Å². The maximum absolute atomic E-state index is 9.45. The lowest BCUT2D eigenvalue weighted by molar-refractivity contribution is 0.585. The highest BCUT2D eigenvalue weighted by molar-refractivity contribution is 6.68. The SMILES string of the molecule is OB1CN=Cc2ccccc21. The van der Waals surface area contributed by atoms with Crippen LogP contribution in [-0.2, 0) is 0 Å². The summed E-state index contributed by atoms with van der Waals surface area (Å²) in [6.45, 7) is -0.406. The molecule has 0 saturated carbocycles. The van der Waals surface area contributed by atoms with E-state index in [1.54, 1.807) is 0 Å². The number of benzene rings is 1. The summed E-state index contributed by atoms with van der Waals surface area (Å²) in [5.41, 5.74) is 2.02. The molecule has 0 aromatic heterocycles. The average molecular weight is 145 g/mol. The zero-order valence-corrected chi connectivity index (χ0v) is 6.07. The summed E-state index contributed by atoms with van der Waals surface area (Å²) in [5, 5.41) is 9.45. The number of hydrogen-bond donors (Lipinski definition) is 1. The fraction of sp³-hybridized carbons (Fsp3) is 0.125. The third-order valence-corrected chi connectivity index (χ3v) is 1.86. The normalized spacial score (nSPS) is 14.8. The number of fused-ring (bicyclic) bond motifs is 1. The molecule has 0 spiro atoms. The molecule has 3 heteroatoms. The fourth-order valence-electron chi connectivity index (χ4n) is 1.28. The van der Waals surface area contributed by atoms with Crippen LogP contribution >= 0.6 is 0 Å². The molecule has 1 N–H and O–H groups in total. The lowest BCUT2D eigenvalue weighted by Gasteiger charge is -2.11. The molecule has 0 fully saturated rings. The molecule has 1 aliphatic heterocycles. The minimum atomic E-state index is -0.406. The number of hydrogen-bond acceptors (Lipinski definition) is 2. The number of aliphatic imine (C=N–C) groups is 1. The highest BCUT2D eigenvalue weighted by Crippen LogP contribution is 1.99. The van der Waals surface area contributed by atoms with E-state index in [9.17, 15) is 5.02 Å². The van der Waals surface area contributed by atoms with Crippen molar-refractivity contribution in [3.05, 3.63) is 29.8 Å². The van der Waals surface area contributed by atoms with Crippen LogP contribution in [0.1, 0.15) is 5.56 Å². The molecule has 2 rings (SSSR count). The third kappa shape index (κ3) is 1.07. The second-order valence-electron chi connectivity index (χ2n) is 2.64. The van der Waals surface area contributed by atoms with Crippen molar-refractivity contribution < 1.29 is 5.02 Å². The van der Waals surface area contributed by atoms with Gasteiger partial charge in [-0.15, -0.1) is 0 Å². The van der Waals surface area contributed by atoms with Gasteiger partial charge in [0.2, 0.25) is 0 Å². The molecule has 0 bridgehead atoms. The Morgan fingerprint density at radius 3 is 3.00 bits per heavy atom. The Kier molecular flexibility index (Phi) is 1.51. The van der Waals surface area contributed by atoms with Gasteiger partial charge in [0.05, 0.1) is 0 Å². The Morgan fingerprint density at radius 1 is 1.36 bits per heavy atom. The van der Waals surface area contributed by atoms with Crippen LogP contribution in [0, 0.1) is 0 Å². The van der Waals surface area contributed by atoms with Gasteiger partial charge in [0.1, 0.15) is 0 Å². The quantitative estimate of drug-likeness (QED) is 0.506. The van der Waals surface area contributed by atoms with Crippen molar-refractivity contribution in [2.24, 2.45) is 4.99 Å². The van der Waals surface area contributed by atoms with Crippen LogP contribution in [0.15, 0.2) is 29.3 Å². The Morgan fingerprint density at radius 2 is 2.18 bits per heavy atom. The predicted molar refractivity (Wildman–Crippen MR) is 46.5 cm³/mol. The van der Waals surface area contributed by atoms with E-state index >= 15 is 0 Å². The van der Waals surface area contributed by atoms with Gasteiger partial charge in [-0.05, 0) is 11.0 Å². The first-order valence-corrected chi connectivity index (χ1v) is 3.65. The zero-order valence-electron chi connectivity index (χ0n) is 6.07. The monoisotopic (exact) mass is 145 g/mol. The summed E-state index contributed by atoms with van der Waals surface area (Å²) in [6.07, 6.45) is 2.30. The van der Waals surface area contributed by atoms with E-state index in [-0.39, 0.29) is 0 Å².